The van der Waals surface area contributed by atoms with Gasteiger partial charge in [0.05, 0.1) is 48.3 Å². The zero-order chi connectivity index (χ0) is 24.1. The predicted molar refractivity (Wildman–Crippen MR) is 124 cm³/mol. The molecule has 2 aromatic rings. The number of nitrogens with one attached hydrogen (secondary N) is 2. The van der Waals surface area contributed by atoms with Crippen molar-refractivity contribution in [2.45, 2.75) is 23.8 Å². The maximum atomic E-state index is 13.8. The van der Waals surface area contributed by atoms with Crippen LogP contribution in [0.2, 0.25) is 0 Å². The number of ether oxygens (including phenoxy) is 3. The second-order valence-electron chi connectivity index (χ2n) is 8.04. The van der Waals surface area contributed by atoms with Crippen LogP contribution in [0.4, 0.5) is 15.8 Å². The van der Waals surface area contributed by atoms with Crippen LogP contribution in [-0.4, -0.2) is 71.3 Å². The minimum atomic E-state index is -3.79. The molecule has 184 valence electrons. The van der Waals surface area contributed by atoms with Crippen molar-refractivity contribution >= 4 is 27.3 Å². The summed E-state index contributed by atoms with van der Waals surface area (Å²) in [5.74, 6) is -1.02. The van der Waals surface area contributed by atoms with Crippen molar-refractivity contribution < 1.29 is 31.8 Å². The highest BCUT2D eigenvalue weighted by molar-refractivity contribution is 7.89. The maximum absolute atomic E-state index is 13.8. The van der Waals surface area contributed by atoms with Crippen molar-refractivity contribution in [2.75, 3.05) is 57.2 Å². The smallest absolute Gasteiger partial charge is 0.259 e. The summed E-state index contributed by atoms with van der Waals surface area (Å²) in [6.07, 6.45) is 1.92. The van der Waals surface area contributed by atoms with E-state index in [1.165, 1.54) is 35.7 Å². The van der Waals surface area contributed by atoms with Gasteiger partial charge in [0.25, 0.3) is 5.91 Å². The molecule has 2 aliphatic rings. The Morgan fingerprint density at radius 1 is 1.15 bits per heavy atom. The number of sulfonamides is 1. The Kier molecular flexibility index (Phi) is 7.67. The minimum absolute atomic E-state index is 0.00554. The summed E-state index contributed by atoms with van der Waals surface area (Å²) in [5.41, 5.74) is 0.776. The number of methoxy groups -OCH3 is 1. The van der Waals surface area contributed by atoms with Crippen LogP contribution in [-0.2, 0) is 19.5 Å². The third-order valence-electron chi connectivity index (χ3n) is 5.80. The van der Waals surface area contributed by atoms with Crippen LogP contribution in [0.3, 0.4) is 0 Å². The number of amides is 1. The van der Waals surface area contributed by atoms with Gasteiger partial charge in [-0.05, 0) is 49.2 Å². The average Bonchev–Trinajstić information content (AvgIpc) is 3.37. The molecule has 0 aliphatic carbocycles. The third kappa shape index (κ3) is 5.49. The lowest BCUT2D eigenvalue weighted by Crippen LogP contribution is -2.40. The van der Waals surface area contributed by atoms with Crippen LogP contribution in [0.5, 0.6) is 5.75 Å². The third-order valence-corrected chi connectivity index (χ3v) is 7.69. The van der Waals surface area contributed by atoms with Gasteiger partial charge in [-0.25, -0.2) is 12.8 Å². The Morgan fingerprint density at radius 3 is 2.65 bits per heavy atom. The van der Waals surface area contributed by atoms with E-state index in [4.69, 9.17) is 14.2 Å². The van der Waals surface area contributed by atoms with Crippen LogP contribution >= 0.6 is 0 Å². The number of anilines is 2. The van der Waals surface area contributed by atoms with E-state index in [0.29, 0.717) is 32.1 Å². The van der Waals surface area contributed by atoms with Gasteiger partial charge in [-0.2, -0.15) is 4.31 Å². The molecule has 0 spiro atoms. The van der Waals surface area contributed by atoms with Crippen molar-refractivity contribution in [1.29, 1.82) is 0 Å². The molecule has 2 aromatic carbocycles. The number of nitrogens with zero attached hydrogens (tertiary/aromatic N) is 1. The highest BCUT2D eigenvalue weighted by atomic mass is 32.2. The molecule has 0 aromatic heterocycles. The number of carbonyl (C=O) groups excluding carboxylic acids is 1. The molecule has 0 bridgehead atoms. The molecule has 2 aliphatic heterocycles. The SMILES string of the molecule is COc1ccc(F)cc1C(=O)Nc1cc(S(=O)(=O)N2CCOCC2)ccc1NCC1CCCO1. The van der Waals surface area contributed by atoms with E-state index in [2.05, 4.69) is 10.6 Å². The fourth-order valence-electron chi connectivity index (χ4n) is 3.95. The Hall–Kier alpha value is -2.73. The first kappa shape index (κ1) is 24.4. The second kappa shape index (κ2) is 10.7. The van der Waals surface area contributed by atoms with Crippen LogP contribution < -0.4 is 15.4 Å². The van der Waals surface area contributed by atoms with E-state index >= 15 is 0 Å². The number of halogens is 1. The van der Waals surface area contributed by atoms with Crippen molar-refractivity contribution in [3.63, 3.8) is 0 Å². The van der Waals surface area contributed by atoms with Gasteiger partial charge in [-0.3, -0.25) is 4.79 Å². The summed E-state index contributed by atoms with van der Waals surface area (Å²) in [6, 6.07) is 8.15. The zero-order valence-electron chi connectivity index (χ0n) is 18.9. The van der Waals surface area contributed by atoms with Crippen LogP contribution in [0, 0.1) is 5.82 Å². The van der Waals surface area contributed by atoms with E-state index in [9.17, 15) is 17.6 Å². The van der Waals surface area contributed by atoms with E-state index in [0.717, 1.165) is 18.9 Å². The zero-order valence-corrected chi connectivity index (χ0v) is 19.7. The first-order valence-electron chi connectivity index (χ1n) is 11.1. The summed E-state index contributed by atoms with van der Waals surface area (Å²) < 4.78 is 57.6. The first-order chi connectivity index (χ1) is 16.4. The molecule has 0 radical (unpaired) electrons. The minimum Gasteiger partial charge on any atom is -0.496 e. The maximum Gasteiger partial charge on any atom is 0.259 e. The summed E-state index contributed by atoms with van der Waals surface area (Å²) in [6.45, 7) is 2.35. The first-order valence-corrected chi connectivity index (χ1v) is 12.5. The lowest BCUT2D eigenvalue weighted by molar-refractivity contribution is 0.0730. The summed E-state index contributed by atoms with van der Waals surface area (Å²) in [5, 5.41) is 5.96. The van der Waals surface area contributed by atoms with Crippen molar-refractivity contribution in [1.82, 2.24) is 4.31 Å². The summed E-state index contributed by atoms with van der Waals surface area (Å²) in [4.78, 5) is 13.1. The Morgan fingerprint density at radius 2 is 1.94 bits per heavy atom. The lowest BCUT2D eigenvalue weighted by Gasteiger charge is -2.26. The molecule has 34 heavy (non-hydrogen) atoms. The van der Waals surface area contributed by atoms with Gasteiger partial charge < -0.3 is 24.8 Å². The molecule has 1 atom stereocenters. The molecule has 4 rings (SSSR count). The lowest BCUT2D eigenvalue weighted by atomic mass is 10.1. The number of benzene rings is 2. The van der Waals surface area contributed by atoms with Crippen LogP contribution in [0.25, 0.3) is 0 Å². The molecule has 11 heteroatoms. The quantitative estimate of drug-likeness (QED) is 0.582. The van der Waals surface area contributed by atoms with Gasteiger partial charge in [0.15, 0.2) is 0 Å². The molecule has 0 saturated carbocycles. The molecule has 2 fully saturated rings. The average molecular weight is 494 g/mol. The number of rotatable bonds is 8. The molecule has 2 N–H and O–H groups in total. The van der Waals surface area contributed by atoms with E-state index in [1.807, 2.05) is 0 Å². The van der Waals surface area contributed by atoms with Gasteiger partial charge in [0.2, 0.25) is 10.0 Å². The summed E-state index contributed by atoms with van der Waals surface area (Å²) >= 11 is 0. The molecule has 9 nitrogen and oxygen atoms in total. The molecular formula is C23H28FN3O6S. The van der Waals surface area contributed by atoms with Gasteiger partial charge >= 0.3 is 0 Å². The Labute approximate surface area is 198 Å². The molecule has 2 heterocycles. The number of hydrogen-bond donors (Lipinski definition) is 2. The van der Waals surface area contributed by atoms with E-state index < -0.39 is 21.7 Å². The molecule has 1 unspecified atom stereocenters. The van der Waals surface area contributed by atoms with Crippen LogP contribution in [0.15, 0.2) is 41.3 Å². The van der Waals surface area contributed by atoms with Gasteiger partial charge in [0.1, 0.15) is 11.6 Å². The van der Waals surface area contributed by atoms with Gasteiger partial charge in [-0.15, -0.1) is 0 Å². The fourth-order valence-corrected chi connectivity index (χ4v) is 5.39. The number of hydrogen-bond acceptors (Lipinski definition) is 7. The molecule has 1 amide bonds. The monoisotopic (exact) mass is 493 g/mol. The van der Waals surface area contributed by atoms with Gasteiger partial charge in [-0.1, -0.05) is 0 Å². The summed E-state index contributed by atoms with van der Waals surface area (Å²) in [7, 11) is -2.40. The predicted octanol–water partition coefficient (Wildman–Crippen LogP) is 2.70. The second-order valence-corrected chi connectivity index (χ2v) is 9.98. The highest BCUT2D eigenvalue weighted by Gasteiger charge is 2.28. The van der Waals surface area contributed by atoms with E-state index in [-0.39, 0.29) is 41.1 Å². The topological polar surface area (TPSA) is 106 Å². The largest absolute Gasteiger partial charge is 0.496 e. The Balaban J connectivity index is 1.64. The molecular weight excluding hydrogens is 465 g/mol. The normalized spacial score (nSPS) is 19.1. The van der Waals surface area contributed by atoms with Crippen molar-refractivity contribution in [3.8, 4) is 5.75 Å². The van der Waals surface area contributed by atoms with E-state index in [1.54, 1.807) is 6.07 Å². The number of morpholine rings is 1. The molecule has 2 saturated heterocycles. The Bertz CT molecular complexity index is 1130. The van der Waals surface area contributed by atoms with Gasteiger partial charge in [0, 0.05) is 26.2 Å². The highest BCUT2D eigenvalue weighted by Crippen LogP contribution is 2.30. The fraction of sp³-hybridized carbons (Fsp3) is 0.435. The van der Waals surface area contributed by atoms with Crippen LogP contribution in [0.1, 0.15) is 23.2 Å². The van der Waals surface area contributed by atoms with Crippen molar-refractivity contribution in [2.24, 2.45) is 0 Å². The number of carbonyl (C=O) groups is 1. The standard InChI is InChI=1S/C23H28FN3O6S/c1-31-22-7-4-16(24)13-19(22)23(28)26-21-14-18(34(29,30)27-8-11-32-12-9-27)5-6-20(21)25-15-17-3-2-10-33-17/h4-7,13-14,17,25H,2-3,8-12,15H2,1H3,(H,26,28). The van der Waals surface area contributed by atoms with Crippen molar-refractivity contribution in [3.05, 3.63) is 47.8 Å².